The minimum atomic E-state index is -0.773. The maximum Gasteiger partial charge on any atom is 0.378 e. The van der Waals surface area contributed by atoms with Crippen LogP contribution in [-0.2, 0) is 4.79 Å². The summed E-state index contributed by atoms with van der Waals surface area (Å²) in [5, 5.41) is 9.62. The van der Waals surface area contributed by atoms with Crippen LogP contribution in [0, 0.1) is 0 Å². The summed E-state index contributed by atoms with van der Waals surface area (Å²) in [6.07, 6.45) is 1.37. The first-order chi connectivity index (χ1) is 8.75. The molecule has 0 unspecified atom stereocenters. The summed E-state index contributed by atoms with van der Waals surface area (Å²) in [7, 11) is 0. The number of ether oxygens (including phenoxy) is 1. The SMILES string of the molecule is O=C(Oc1ccccc1)C(O)=Cc1ccccc1. The Balaban J connectivity index is 2.08. The molecule has 0 atom stereocenters. The fourth-order valence-corrected chi connectivity index (χ4v) is 1.41. The maximum absolute atomic E-state index is 11.6. The van der Waals surface area contributed by atoms with Gasteiger partial charge in [-0.1, -0.05) is 48.5 Å². The molecule has 2 rings (SSSR count). The molecule has 0 aliphatic heterocycles. The lowest BCUT2D eigenvalue weighted by atomic mass is 10.2. The van der Waals surface area contributed by atoms with Crippen LogP contribution in [0.15, 0.2) is 66.4 Å². The van der Waals surface area contributed by atoms with Crippen LogP contribution in [0.25, 0.3) is 6.08 Å². The molecular weight excluding hydrogens is 228 g/mol. The van der Waals surface area contributed by atoms with Gasteiger partial charge in [0.2, 0.25) is 5.76 Å². The van der Waals surface area contributed by atoms with Gasteiger partial charge < -0.3 is 9.84 Å². The van der Waals surface area contributed by atoms with Crippen LogP contribution in [0.4, 0.5) is 0 Å². The van der Waals surface area contributed by atoms with Gasteiger partial charge >= 0.3 is 5.97 Å². The van der Waals surface area contributed by atoms with Gasteiger partial charge in [-0.2, -0.15) is 0 Å². The molecule has 0 saturated heterocycles. The number of aliphatic hydroxyl groups excluding tert-OH is 1. The quantitative estimate of drug-likeness (QED) is 0.388. The van der Waals surface area contributed by atoms with Gasteiger partial charge in [-0.25, -0.2) is 4.79 Å². The summed E-state index contributed by atoms with van der Waals surface area (Å²) in [4.78, 5) is 11.6. The predicted octanol–water partition coefficient (Wildman–Crippen LogP) is 3.19. The Morgan fingerprint density at radius 1 is 0.944 bits per heavy atom. The summed E-state index contributed by atoms with van der Waals surface area (Å²) >= 11 is 0. The van der Waals surface area contributed by atoms with Crippen molar-refractivity contribution in [2.45, 2.75) is 0 Å². The van der Waals surface area contributed by atoms with E-state index in [0.29, 0.717) is 5.75 Å². The Hall–Kier alpha value is -2.55. The second-order valence-corrected chi connectivity index (χ2v) is 3.64. The standard InChI is InChI=1S/C15H12O3/c16-14(11-12-7-3-1-4-8-12)15(17)18-13-9-5-2-6-10-13/h1-11,16H. The van der Waals surface area contributed by atoms with Gasteiger partial charge in [0.1, 0.15) is 5.75 Å². The number of aliphatic hydroxyl groups is 1. The van der Waals surface area contributed by atoms with Crippen molar-refractivity contribution in [3.8, 4) is 5.75 Å². The highest BCUT2D eigenvalue weighted by Gasteiger charge is 2.10. The predicted molar refractivity (Wildman–Crippen MR) is 69.1 cm³/mol. The van der Waals surface area contributed by atoms with E-state index in [0.717, 1.165) is 5.56 Å². The zero-order valence-electron chi connectivity index (χ0n) is 9.61. The van der Waals surface area contributed by atoms with Crippen molar-refractivity contribution in [2.75, 3.05) is 0 Å². The number of carbonyl (C=O) groups is 1. The van der Waals surface area contributed by atoms with Crippen molar-refractivity contribution in [3.05, 3.63) is 72.0 Å². The lowest BCUT2D eigenvalue weighted by Gasteiger charge is -2.02. The van der Waals surface area contributed by atoms with E-state index in [4.69, 9.17) is 4.74 Å². The molecule has 0 amide bonds. The molecule has 0 spiro atoms. The topological polar surface area (TPSA) is 46.5 Å². The number of carbonyl (C=O) groups excluding carboxylic acids is 1. The fourth-order valence-electron chi connectivity index (χ4n) is 1.41. The minimum Gasteiger partial charge on any atom is -0.502 e. The number of esters is 1. The third-order valence-electron chi connectivity index (χ3n) is 2.27. The first kappa shape index (κ1) is 11.9. The van der Waals surface area contributed by atoms with Gasteiger partial charge in [-0.05, 0) is 23.8 Å². The highest BCUT2D eigenvalue weighted by molar-refractivity contribution is 5.92. The van der Waals surface area contributed by atoms with Crippen LogP contribution in [-0.4, -0.2) is 11.1 Å². The summed E-state index contributed by atoms with van der Waals surface area (Å²) in [5.74, 6) is -0.800. The number of benzene rings is 2. The molecule has 0 heterocycles. The monoisotopic (exact) mass is 240 g/mol. The summed E-state index contributed by atoms with van der Waals surface area (Å²) in [5.41, 5.74) is 0.736. The van der Waals surface area contributed by atoms with Crippen molar-refractivity contribution in [1.29, 1.82) is 0 Å². The zero-order chi connectivity index (χ0) is 12.8. The molecule has 0 bridgehead atoms. The Morgan fingerprint density at radius 3 is 2.11 bits per heavy atom. The molecule has 3 heteroatoms. The first-order valence-corrected chi connectivity index (χ1v) is 5.48. The van der Waals surface area contributed by atoms with Crippen molar-refractivity contribution < 1.29 is 14.6 Å². The van der Waals surface area contributed by atoms with Crippen LogP contribution in [0.2, 0.25) is 0 Å². The average molecular weight is 240 g/mol. The third-order valence-corrected chi connectivity index (χ3v) is 2.27. The smallest absolute Gasteiger partial charge is 0.378 e. The Morgan fingerprint density at radius 2 is 1.50 bits per heavy atom. The minimum absolute atomic E-state index is 0.399. The van der Waals surface area contributed by atoms with Gasteiger partial charge in [0.25, 0.3) is 0 Å². The lowest BCUT2D eigenvalue weighted by molar-refractivity contribution is -0.132. The highest BCUT2D eigenvalue weighted by Crippen LogP contribution is 2.11. The number of hydrogen-bond acceptors (Lipinski definition) is 3. The largest absolute Gasteiger partial charge is 0.502 e. The van der Waals surface area contributed by atoms with E-state index < -0.39 is 11.7 Å². The maximum atomic E-state index is 11.6. The Labute approximate surface area is 105 Å². The summed E-state index contributed by atoms with van der Waals surface area (Å²) < 4.78 is 4.99. The number of para-hydroxylation sites is 1. The van der Waals surface area contributed by atoms with Crippen LogP contribution < -0.4 is 4.74 Å². The molecule has 90 valence electrons. The van der Waals surface area contributed by atoms with Gasteiger partial charge in [0.05, 0.1) is 0 Å². The van der Waals surface area contributed by atoms with E-state index >= 15 is 0 Å². The van der Waals surface area contributed by atoms with Crippen LogP contribution >= 0.6 is 0 Å². The molecular formula is C15H12O3. The van der Waals surface area contributed by atoms with E-state index in [1.165, 1.54) is 6.08 Å². The normalized spacial score (nSPS) is 11.0. The molecule has 2 aromatic carbocycles. The molecule has 18 heavy (non-hydrogen) atoms. The van der Waals surface area contributed by atoms with Crippen LogP contribution in [0.5, 0.6) is 5.75 Å². The van der Waals surface area contributed by atoms with Gasteiger partial charge in [-0.3, -0.25) is 0 Å². The number of hydrogen-bond donors (Lipinski definition) is 1. The van der Waals surface area contributed by atoms with E-state index in [9.17, 15) is 9.90 Å². The molecule has 0 fully saturated rings. The zero-order valence-corrected chi connectivity index (χ0v) is 9.61. The molecule has 1 N–H and O–H groups in total. The van der Waals surface area contributed by atoms with Gasteiger partial charge in [-0.15, -0.1) is 0 Å². The van der Waals surface area contributed by atoms with Crippen molar-refractivity contribution in [2.24, 2.45) is 0 Å². The number of rotatable bonds is 3. The fraction of sp³-hybridized carbons (Fsp3) is 0. The Kier molecular flexibility index (Phi) is 3.76. The third kappa shape index (κ3) is 3.22. The molecule has 0 saturated carbocycles. The molecule has 2 aromatic rings. The molecule has 0 aromatic heterocycles. The van der Waals surface area contributed by atoms with Gasteiger partial charge in [0.15, 0.2) is 0 Å². The molecule has 0 radical (unpaired) electrons. The van der Waals surface area contributed by atoms with Gasteiger partial charge in [0, 0.05) is 0 Å². The first-order valence-electron chi connectivity index (χ1n) is 5.48. The Bertz CT molecular complexity index is 544. The molecule has 0 aliphatic carbocycles. The van der Waals surface area contributed by atoms with Crippen LogP contribution in [0.3, 0.4) is 0 Å². The van der Waals surface area contributed by atoms with Crippen molar-refractivity contribution in [3.63, 3.8) is 0 Å². The summed E-state index contributed by atoms with van der Waals surface area (Å²) in [6.45, 7) is 0. The van der Waals surface area contributed by atoms with Crippen molar-refractivity contribution in [1.82, 2.24) is 0 Å². The second kappa shape index (κ2) is 5.68. The lowest BCUT2D eigenvalue weighted by Crippen LogP contribution is -2.10. The summed E-state index contributed by atoms with van der Waals surface area (Å²) in [6, 6.07) is 17.7. The van der Waals surface area contributed by atoms with E-state index in [1.807, 2.05) is 24.3 Å². The van der Waals surface area contributed by atoms with E-state index in [1.54, 1.807) is 36.4 Å². The molecule has 0 aliphatic rings. The molecule has 3 nitrogen and oxygen atoms in total. The van der Waals surface area contributed by atoms with E-state index in [-0.39, 0.29) is 0 Å². The average Bonchev–Trinajstić information content (AvgIpc) is 2.41. The van der Waals surface area contributed by atoms with E-state index in [2.05, 4.69) is 0 Å². The van der Waals surface area contributed by atoms with Crippen LogP contribution in [0.1, 0.15) is 5.56 Å². The second-order valence-electron chi connectivity index (χ2n) is 3.64. The van der Waals surface area contributed by atoms with Crippen molar-refractivity contribution >= 4 is 12.0 Å². The highest BCUT2D eigenvalue weighted by atomic mass is 16.5.